The van der Waals surface area contributed by atoms with Crippen LogP contribution in [0.2, 0.25) is 0 Å². The highest BCUT2D eigenvalue weighted by Gasteiger charge is 2.23. The fourth-order valence-corrected chi connectivity index (χ4v) is 3.30. The van der Waals surface area contributed by atoms with Gasteiger partial charge in [-0.2, -0.15) is 0 Å². The van der Waals surface area contributed by atoms with Gasteiger partial charge in [-0.3, -0.25) is 0 Å². The molecule has 0 aromatic heterocycles. The van der Waals surface area contributed by atoms with Crippen molar-refractivity contribution in [3.63, 3.8) is 0 Å². The highest BCUT2D eigenvalue weighted by molar-refractivity contribution is 9.10. The molecule has 2 N–H and O–H groups in total. The van der Waals surface area contributed by atoms with Gasteiger partial charge in [0.1, 0.15) is 11.9 Å². The van der Waals surface area contributed by atoms with E-state index in [1.807, 2.05) is 19.1 Å². The first-order valence-electron chi connectivity index (χ1n) is 6.79. The first kappa shape index (κ1) is 13.9. The fraction of sp³-hybridized carbons (Fsp3) is 0.600. The van der Waals surface area contributed by atoms with Crippen molar-refractivity contribution in [3.05, 3.63) is 28.2 Å². The van der Waals surface area contributed by atoms with Gasteiger partial charge in [-0.25, -0.2) is 0 Å². The maximum absolute atomic E-state index is 6.11. The van der Waals surface area contributed by atoms with Gasteiger partial charge in [0.2, 0.25) is 0 Å². The molecule has 0 aliphatic heterocycles. The highest BCUT2D eigenvalue weighted by Crippen LogP contribution is 2.31. The molecule has 100 valence electrons. The van der Waals surface area contributed by atoms with E-state index in [-0.39, 0.29) is 6.04 Å². The van der Waals surface area contributed by atoms with Crippen LogP contribution >= 0.6 is 15.9 Å². The summed E-state index contributed by atoms with van der Waals surface area (Å²) in [5.74, 6) is 1.61. The van der Waals surface area contributed by atoms with Crippen LogP contribution in [0.3, 0.4) is 0 Å². The van der Waals surface area contributed by atoms with Gasteiger partial charge >= 0.3 is 0 Å². The van der Waals surface area contributed by atoms with Crippen molar-refractivity contribution in [2.24, 2.45) is 11.7 Å². The summed E-state index contributed by atoms with van der Waals surface area (Å²) < 4.78 is 7.15. The van der Waals surface area contributed by atoms with Crippen LogP contribution in [0.25, 0.3) is 0 Å². The summed E-state index contributed by atoms with van der Waals surface area (Å²) in [4.78, 5) is 0. The molecule has 1 saturated carbocycles. The fourth-order valence-electron chi connectivity index (χ4n) is 2.58. The molecule has 2 nitrogen and oxygen atoms in total. The van der Waals surface area contributed by atoms with Gasteiger partial charge in [-0.05, 0) is 49.8 Å². The van der Waals surface area contributed by atoms with Crippen molar-refractivity contribution >= 4 is 15.9 Å². The topological polar surface area (TPSA) is 35.2 Å². The molecular weight excluding hydrogens is 290 g/mol. The summed E-state index contributed by atoms with van der Waals surface area (Å²) in [5, 5.41) is 0. The lowest BCUT2D eigenvalue weighted by Gasteiger charge is -2.29. The number of nitrogens with two attached hydrogens (primary N) is 1. The molecule has 1 aliphatic carbocycles. The Balaban J connectivity index is 2.07. The standard InChI is InChI=1S/C15H22BrNO/c1-10-5-3-4-6-15(10)18-12-7-8-13(11(2)17)14(16)9-12/h7-11,15H,3-6,17H2,1-2H3/t10?,11-,15?/m1/s1. The highest BCUT2D eigenvalue weighted by atomic mass is 79.9. The Hall–Kier alpha value is -0.540. The maximum Gasteiger partial charge on any atom is 0.120 e. The second-order valence-corrected chi connectivity index (χ2v) is 6.24. The van der Waals surface area contributed by atoms with Crippen LogP contribution in [0, 0.1) is 5.92 Å². The Labute approximate surface area is 118 Å². The van der Waals surface area contributed by atoms with Crippen molar-refractivity contribution in [1.29, 1.82) is 0 Å². The van der Waals surface area contributed by atoms with Gasteiger partial charge in [0.05, 0.1) is 0 Å². The zero-order valence-corrected chi connectivity index (χ0v) is 12.7. The molecule has 1 fully saturated rings. The number of hydrogen-bond donors (Lipinski definition) is 1. The molecule has 0 amide bonds. The van der Waals surface area contributed by atoms with Gasteiger partial charge in [0.25, 0.3) is 0 Å². The zero-order chi connectivity index (χ0) is 13.1. The van der Waals surface area contributed by atoms with Crippen LogP contribution < -0.4 is 10.5 Å². The quantitative estimate of drug-likeness (QED) is 0.896. The Kier molecular flexibility index (Phi) is 4.68. The molecule has 0 spiro atoms. The monoisotopic (exact) mass is 311 g/mol. The lowest BCUT2D eigenvalue weighted by Crippen LogP contribution is -2.28. The minimum Gasteiger partial charge on any atom is -0.490 e. The van der Waals surface area contributed by atoms with Gasteiger partial charge in [0.15, 0.2) is 0 Å². The molecule has 0 heterocycles. The number of benzene rings is 1. The molecule has 18 heavy (non-hydrogen) atoms. The molecule has 1 aromatic rings. The van der Waals surface area contributed by atoms with Crippen LogP contribution in [-0.4, -0.2) is 6.10 Å². The summed E-state index contributed by atoms with van der Waals surface area (Å²) >= 11 is 3.57. The van der Waals surface area contributed by atoms with Crippen molar-refractivity contribution < 1.29 is 4.74 Å². The lowest BCUT2D eigenvalue weighted by molar-refractivity contribution is 0.102. The smallest absolute Gasteiger partial charge is 0.120 e. The summed E-state index contributed by atoms with van der Waals surface area (Å²) in [5.41, 5.74) is 7.02. The Morgan fingerprint density at radius 2 is 2.06 bits per heavy atom. The number of halogens is 1. The largest absolute Gasteiger partial charge is 0.490 e. The molecule has 2 unspecified atom stereocenters. The van der Waals surface area contributed by atoms with Crippen LogP contribution in [0.5, 0.6) is 5.75 Å². The van der Waals surface area contributed by atoms with Crippen LogP contribution in [0.4, 0.5) is 0 Å². The Morgan fingerprint density at radius 3 is 2.67 bits per heavy atom. The normalized spacial score (nSPS) is 25.8. The van der Waals surface area contributed by atoms with E-state index in [1.165, 1.54) is 25.7 Å². The molecule has 0 radical (unpaired) electrons. The number of ether oxygens (including phenoxy) is 1. The first-order chi connectivity index (χ1) is 8.58. The molecule has 2 rings (SSSR count). The molecule has 1 aromatic carbocycles. The molecule has 3 heteroatoms. The van der Waals surface area contributed by atoms with Gasteiger partial charge in [-0.1, -0.05) is 35.3 Å². The number of rotatable bonds is 3. The summed E-state index contributed by atoms with van der Waals surface area (Å²) in [7, 11) is 0. The zero-order valence-electron chi connectivity index (χ0n) is 11.2. The summed E-state index contributed by atoms with van der Waals surface area (Å²) in [6, 6.07) is 6.17. The van der Waals surface area contributed by atoms with Crippen molar-refractivity contribution in [2.45, 2.75) is 51.7 Å². The van der Waals surface area contributed by atoms with E-state index >= 15 is 0 Å². The second kappa shape index (κ2) is 6.07. The van der Waals surface area contributed by atoms with Crippen molar-refractivity contribution in [2.75, 3.05) is 0 Å². The van der Waals surface area contributed by atoms with Gasteiger partial charge in [0, 0.05) is 10.5 Å². The third-order valence-electron chi connectivity index (χ3n) is 3.78. The summed E-state index contributed by atoms with van der Waals surface area (Å²) in [6.07, 6.45) is 5.45. The third-order valence-corrected chi connectivity index (χ3v) is 4.47. The van der Waals surface area contributed by atoms with E-state index in [4.69, 9.17) is 10.5 Å². The van der Waals surface area contributed by atoms with Crippen LogP contribution in [0.15, 0.2) is 22.7 Å². The molecule has 3 atom stereocenters. The van der Waals surface area contributed by atoms with Crippen LogP contribution in [-0.2, 0) is 0 Å². The SMILES string of the molecule is CC1CCCCC1Oc1ccc([C@@H](C)N)c(Br)c1. The van der Waals surface area contributed by atoms with E-state index in [0.29, 0.717) is 12.0 Å². The van der Waals surface area contributed by atoms with Crippen molar-refractivity contribution in [1.82, 2.24) is 0 Å². The van der Waals surface area contributed by atoms with E-state index in [0.717, 1.165) is 15.8 Å². The Bertz CT molecular complexity index is 405. The third kappa shape index (κ3) is 3.27. The minimum absolute atomic E-state index is 0.0435. The molecular formula is C15H22BrNO. The molecule has 0 bridgehead atoms. The first-order valence-corrected chi connectivity index (χ1v) is 7.59. The average molecular weight is 312 g/mol. The molecule has 0 saturated heterocycles. The van der Waals surface area contributed by atoms with Gasteiger partial charge in [-0.15, -0.1) is 0 Å². The van der Waals surface area contributed by atoms with Gasteiger partial charge < -0.3 is 10.5 Å². The predicted octanol–water partition coefficient (Wildman–Crippen LogP) is 4.43. The van der Waals surface area contributed by atoms with E-state index in [1.54, 1.807) is 0 Å². The maximum atomic E-state index is 6.11. The Morgan fingerprint density at radius 1 is 1.33 bits per heavy atom. The number of hydrogen-bond acceptors (Lipinski definition) is 2. The molecule has 1 aliphatic rings. The van der Waals surface area contributed by atoms with Crippen molar-refractivity contribution in [3.8, 4) is 5.75 Å². The van der Waals surface area contributed by atoms with E-state index in [9.17, 15) is 0 Å². The van der Waals surface area contributed by atoms with Crippen LogP contribution in [0.1, 0.15) is 51.1 Å². The minimum atomic E-state index is 0.0435. The lowest BCUT2D eigenvalue weighted by atomic mass is 9.88. The van der Waals surface area contributed by atoms with E-state index < -0.39 is 0 Å². The second-order valence-electron chi connectivity index (χ2n) is 5.39. The summed E-state index contributed by atoms with van der Waals surface area (Å²) in [6.45, 7) is 4.28. The van der Waals surface area contributed by atoms with E-state index in [2.05, 4.69) is 28.9 Å². The predicted molar refractivity (Wildman–Crippen MR) is 78.8 cm³/mol. The average Bonchev–Trinajstić information content (AvgIpc) is 2.32.